The number of fused-ring (bicyclic) bond motifs is 3. The third-order valence-corrected chi connectivity index (χ3v) is 7.75. The van der Waals surface area contributed by atoms with Gasteiger partial charge in [0.15, 0.2) is 5.78 Å². The van der Waals surface area contributed by atoms with Crippen molar-refractivity contribution in [2.75, 3.05) is 0 Å². The number of hydrogen-bond acceptors (Lipinski definition) is 6. The lowest BCUT2D eigenvalue weighted by molar-refractivity contribution is 0.104. The Morgan fingerprint density at radius 3 is 2.39 bits per heavy atom. The maximum absolute atomic E-state index is 13.1. The van der Waals surface area contributed by atoms with E-state index in [1.807, 2.05) is 36.4 Å². The van der Waals surface area contributed by atoms with Gasteiger partial charge in [0.2, 0.25) is 0 Å². The molecule has 0 unspecified atom stereocenters. The lowest BCUT2D eigenvalue weighted by Gasteiger charge is -2.01. The Morgan fingerprint density at radius 2 is 1.64 bits per heavy atom. The highest BCUT2D eigenvalue weighted by Gasteiger charge is 2.32. The van der Waals surface area contributed by atoms with E-state index in [0.29, 0.717) is 22.3 Å². The average Bonchev–Trinajstić information content (AvgIpc) is 3.57. The van der Waals surface area contributed by atoms with Crippen LogP contribution in [-0.2, 0) is 0 Å². The van der Waals surface area contributed by atoms with E-state index in [-0.39, 0.29) is 11.4 Å². The number of rotatable bonds is 2. The number of thiophene rings is 2. The molecule has 2 aromatic carbocycles. The maximum atomic E-state index is 13.1. The number of nitriles is 2. The van der Waals surface area contributed by atoms with Crippen LogP contribution in [-0.4, -0.2) is 5.78 Å². The molecule has 3 aromatic heterocycles. The molecule has 3 heterocycles. The molecule has 154 valence electrons. The largest absolute Gasteiger partial charge is 0.454 e. The van der Waals surface area contributed by atoms with Crippen molar-refractivity contribution in [2.45, 2.75) is 0 Å². The fourth-order valence-corrected chi connectivity index (χ4v) is 6.12. The Bertz CT molecular complexity index is 1680. The van der Waals surface area contributed by atoms with E-state index >= 15 is 0 Å². The van der Waals surface area contributed by atoms with E-state index in [1.54, 1.807) is 41.7 Å². The summed E-state index contributed by atoms with van der Waals surface area (Å²) in [5, 5.41) is 20.1. The second kappa shape index (κ2) is 7.43. The van der Waals surface area contributed by atoms with Gasteiger partial charge in [-0.15, -0.1) is 22.7 Å². The first kappa shape index (κ1) is 19.5. The first-order valence-electron chi connectivity index (χ1n) is 10.1. The number of carbonyl (C=O) groups is 1. The lowest BCUT2D eigenvalue weighted by Crippen LogP contribution is -1.95. The summed E-state index contributed by atoms with van der Waals surface area (Å²) in [5.41, 5.74) is 2.58. The van der Waals surface area contributed by atoms with Gasteiger partial charge in [-0.25, -0.2) is 0 Å². The number of allylic oxidation sites excluding steroid dienone is 3. The number of carbonyl (C=O) groups excluding carboxylic acids is 1. The van der Waals surface area contributed by atoms with E-state index in [2.05, 4.69) is 18.2 Å². The van der Waals surface area contributed by atoms with Crippen LogP contribution in [0.3, 0.4) is 0 Å². The predicted octanol–water partition coefficient (Wildman–Crippen LogP) is 7.46. The van der Waals surface area contributed by atoms with E-state index in [4.69, 9.17) is 4.42 Å². The highest BCUT2D eigenvalue weighted by Crippen LogP contribution is 2.42. The second-order valence-corrected chi connectivity index (χ2v) is 9.74. The van der Waals surface area contributed by atoms with Gasteiger partial charge in [0.05, 0.1) is 9.58 Å². The van der Waals surface area contributed by atoms with Crippen LogP contribution in [0.2, 0.25) is 0 Å². The Hall–Kier alpha value is -4.23. The Balaban J connectivity index is 1.43. The van der Waals surface area contributed by atoms with Crippen LogP contribution in [0.25, 0.3) is 42.7 Å². The summed E-state index contributed by atoms with van der Waals surface area (Å²) >= 11 is 3.20. The fraction of sp³-hybridized carbons (Fsp3) is 0. The molecule has 0 saturated heterocycles. The topological polar surface area (TPSA) is 77.8 Å². The molecule has 1 aliphatic carbocycles. The summed E-state index contributed by atoms with van der Waals surface area (Å²) < 4.78 is 8.31. The smallest absolute Gasteiger partial charge is 0.194 e. The van der Waals surface area contributed by atoms with Crippen LogP contribution >= 0.6 is 22.7 Å². The molecule has 4 nitrogen and oxygen atoms in total. The number of hydrogen-bond donors (Lipinski definition) is 0. The van der Waals surface area contributed by atoms with Crippen LogP contribution in [0.15, 0.2) is 82.3 Å². The van der Waals surface area contributed by atoms with E-state index < -0.39 is 0 Å². The molecule has 0 N–H and O–H groups in total. The van der Waals surface area contributed by atoms with Crippen molar-refractivity contribution in [3.05, 3.63) is 93.9 Å². The molecule has 0 atom stereocenters. The van der Waals surface area contributed by atoms with Crippen LogP contribution in [0.5, 0.6) is 0 Å². The van der Waals surface area contributed by atoms with Crippen molar-refractivity contribution in [1.29, 1.82) is 10.5 Å². The third kappa shape index (κ3) is 3.05. The zero-order chi connectivity index (χ0) is 22.5. The predicted molar refractivity (Wildman–Crippen MR) is 132 cm³/mol. The molecular weight excluding hydrogens is 448 g/mol. The van der Waals surface area contributed by atoms with Gasteiger partial charge in [-0.3, -0.25) is 4.79 Å². The van der Waals surface area contributed by atoms with Crippen molar-refractivity contribution in [3.8, 4) is 22.8 Å². The van der Waals surface area contributed by atoms with Crippen LogP contribution < -0.4 is 0 Å². The first-order valence-corrected chi connectivity index (χ1v) is 11.7. The van der Waals surface area contributed by atoms with E-state index in [9.17, 15) is 15.3 Å². The molecule has 6 rings (SSSR count). The highest BCUT2D eigenvalue weighted by molar-refractivity contribution is 7.22. The van der Waals surface area contributed by atoms with Crippen molar-refractivity contribution in [1.82, 2.24) is 0 Å². The molecule has 0 aliphatic heterocycles. The highest BCUT2D eigenvalue weighted by atomic mass is 32.1. The molecule has 5 aromatic rings. The summed E-state index contributed by atoms with van der Waals surface area (Å²) in [7, 11) is 0. The molecule has 1 aliphatic rings. The number of nitrogens with zero attached hydrogens (tertiary/aromatic N) is 2. The first-order chi connectivity index (χ1) is 16.2. The normalized spacial score (nSPS) is 14.1. The van der Waals surface area contributed by atoms with Gasteiger partial charge in [-0.2, -0.15) is 10.5 Å². The average molecular weight is 461 g/mol. The fourth-order valence-electron chi connectivity index (χ4n) is 4.14. The molecule has 0 fully saturated rings. The standard InChI is InChI=1S/C27H12N2O2S2/c28-13-16(14-29)26-18-6-2-3-7-19(18)27(30)20(26)10-17-11-21-25(32-17)12-22(31-21)24-9-15-5-1-4-8-23(15)33-24/h1-12H/b20-10-. The van der Waals surface area contributed by atoms with Crippen molar-refractivity contribution >= 4 is 60.5 Å². The Kier molecular flexibility index (Phi) is 4.38. The molecule has 33 heavy (non-hydrogen) atoms. The Morgan fingerprint density at radius 1 is 0.879 bits per heavy atom. The number of ketones is 1. The number of benzene rings is 2. The minimum absolute atomic E-state index is 0.0631. The zero-order valence-electron chi connectivity index (χ0n) is 17.0. The van der Waals surface area contributed by atoms with Gasteiger partial charge in [-0.1, -0.05) is 42.5 Å². The molecule has 6 heteroatoms. The SMILES string of the molecule is N#CC(C#N)=C1/C(=C/c2cc3oc(-c4cc5ccccc5s4)cc3s2)C(=O)c2ccccc21. The third-order valence-electron chi connectivity index (χ3n) is 5.61. The van der Waals surface area contributed by atoms with Crippen molar-refractivity contribution < 1.29 is 9.21 Å². The summed E-state index contributed by atoms with van der Waals surface area (Å²) in [6.45, 7) is 0. The number of Topliss-reactive ketones (excluding diaryl/α,β-unsaturated/α-hetero) is 1. The summed E-state index contributed by atoms with van der Waals surface area (Å²) in [6.07, 6.45) is 1.76. The molecule has 0 saturated carbocycles. The van der Waals surface area contributed by atoms with Crippen LogP contribution in [0, 0.1) is 22.7 Å². The molecule has 0 bridgehead atoms. The van der Waals surface area contributed by atoms with Gasteiger partial charge in [0.25, 0.3) is 0 Å². The summed E-state index contributed by atoms with van der Waals surface area (Å²) in [6, 6.07) is 25.2. The summed E-state index contributed by atoms with van der Waals surface area (Å²) in [4.78, 5) is 15.0. The minimum atomic E-state index is -0.181. The van der Waals surface area contributed by atoms with Crippen molar-refractivity contribution in [3.63, 3.8) is 0 Å². The molecule has 0 spiro atoms. The van der Waals surface area contributed by atoms with E-state index in [1.165, 1.54) is 21.4 Å². The number of furan rings is 1. The zero-order valence-corrected chi connectivity index (χ0v) is 18.6. The van der Waals surface area contributed by atoms with Crippen LogP contribution in [0.4, 0.5) is 0 Å². The van der Waals surface area contributed by atoms with Crippen molar-refractivity contribution in [2.24, 2.45) is 0 Å². The summed E-state index contributed by atoms with van der Waals surface area (Å²) in [5.74, 6) is 0.636. The lowest BCUT2D eigenvalue weighted by atomic mass is 9.99. The maximum Gasteiger partial charge on any atom is 0.194 e. The molecule has 0 amide bonds. The van der Waals surface area contributed by atoms with Gasteiger partial charge in [-0.05, 0) is 35.2 Å². The Labute approximate surface area is 196 Å². The minimum Gasteiger partial charge on any atom is -0.454 e. The second-order valence-electron chi connectivity index (χ2n) is 7.54. The molecule has 0 radical (unpaired) electrons. The van der Waals surface area contributed by atoms with Gasteiger partial charge in [0.1, 0.15) is 29.1 Å². The van der Waals surface area contributed by atoms with Crippen LogP contribution in [0.1, 0.15) is 20.8 Å². The van der Waals surface area contributed by atoms with Gasteiger partial charge >= 0.3 is 0 Å². The van der Waals surface area contributed by atoms with Gasteiger partial charge < -0.3 is 4.42 Å². The monoisotopic (exact) mass is 460 g/mol. The molecular formula is C27H12N2O2S2. The van der Waals surface area contributed by atoms with E-state index in [0.717, 1.165) is 25.8 Å². The quantitative estimate of drug-likeness (QED) is 0.202. The van der Waals surface area contributed by atoms with Gasteiger partial charge in [0, 0.05) is 32.4 Å².